The van der Waals surface area contributed by atoms with Crippen molar-refractivity contribution in [2.45, 2.75) is 52.0 Å². The molecule has 2 aliphatic heterocycles. The molecule has 4 heteroatoms. The van der Waals surface area contributed by atoms with Crippen LogP contribution in [0.2, 0.25) is 0 Å². The summed E-state index contributed by atoms with van der Waals surface area (Å²) in [6.45, 7) is 7.68. The fraction of sp³-hybridized carbons (Fsp3) is 0.929. The smallest absolute Gasteiger partial charge is 0.223 e. The Hall–Kier alpha value is -0.280. The van der Waals surface area contributed by atoms with Crippen molar-refractivity contribution in [1.29, 1.82) is 0 Å². The van der Waals surface area contributed by atoms with Gasteiger partial charge < -0.3 is 10.2 Å². The molecule has 0 bridgehead atoms. The van der Waals surface area contributed by atoms with Gasteiger partial charge >= 0.3 is 0 Å². The Morgan fingerprint density at radius 1 is 1.33 bits per heavy atom. The van der Waals surface area contributed by atoms with E-state index in [1.54, 1.807) is 0 Å². The zero-order valence-electron chi connectivity index (χ0n) is 11.7. The highest BCUT2D eigenvalue weighted by molar-refractivity contribution is 5.85. The van der Waals surface area contributed by atoms with Crippen LogP contribution in [0.1, 0.15) is 46.0 Å². The van der Waals surface area contributed by atoms with Crippen LogP contribution in [-0.4, -0.2) is 36.5 Å². The van der Waals surface area contributed by atoms with Crippen LogP contribution < -0.4 is 5.32 Å². The van der Waals surface area contributed by atoms with Crippen molar-refractivity contribution in [3.05, 3.63) is 0 Å². The molecule has 0 aromatic heterocycles. The molecule has 0 aliphatic carbocycles. The van der Waals surface area contributed by atoms with Crippen LogP contribution in [-0.2, 0) is 4.79 Å². The maximum absolute atomic E-state index is 12.2. The molecule has 2 atom stereocenters. The van der Waals surface area contributed by atoms with Crippen LogP contribution in [0.5, 0.6) is 0 Å². The van der Waals surface area contributed by atoms with Gasteiger partial charge in [-0.1, -0.05) is 6.92 Å². The van der Waals surface area contributed by atoms with Crippen LogP contribution in [0.4, 0.5) is 0 Å². The van der Waals surface area contributed by atoms with Gasteiger partial charge in [0.05, 0.1) is 0 Å². The summed E-state index contributed by atoms with van der Waals surface area (Å²) in [4.78, 5) is 14.3. The molecule has 106 valence electrons. The molecule has 18 heavy (non-hydrogen) atoms. The summed E-state index contributed by atoms with van der Waals surface area (Å²) in [5.41, 5.74) is 0. The lowest BCUT2D eigenvalue weighted by Crippen LogP contribution is -2.37. The van der Waals surface area contributed by atoms with E-state index in [4.69, 9.17) is 0 Å². The first-order valence-electron chi connectivity index (χ1n) is 7.18. The highest BCUT2D eigenvalue weighted by Gasteiger charge is 2.28. The van der Waals surface area contributed by atoms with Gasteiger partial charge in [0.2, 0.25) is 5.91 Å². The van der Waals surface area contributed by atoms with E-state index in [-0.39, 0.29) is 12.4 Å². The Bertz CT molecular complexity index is 267. The summed E-state index contributed by atoms with van der Waals surface area (Å²) in [5, 5.41) is 3.39. The Labute approximate surface area is 117 Å². The maximum Gasteiger partial charge on any atom is 0.223 e. The number of hydrogen-bond acceptors (Lipinski definition) is 2. The lowest BCUT2D eigenvalue weighted by molar-refractivity contribution is -0.133. The van der Waals surface area contributed by atoms with Crippen molar-refractivity contribution in [3.63, 3.8) is 0 Å². The molecule has 0 aromatic rings. The number of nitrogens with one attached hydrogen (secondary N) is 1. The summed E-state index contributed by atoms with van der Waals surface area (Å²) < 4.78 is 0. The molecule has 2 saturated heterocycles. The molecule has 2 fully saturated rings. The number of hydrogen-bond donors (Lipinski definition) is 1. The third kappa shape index (κ3) is 3.86. The first kappa shape index (κ1) is 15.8. The monoisotopic (exact) mass is 274 g/mol. The van der Waals surface area contributed by atoms with Gasteiger partial charge in [0.15, 0.2) is 0 Å². The maximum atomic E-state index is 12.2. The molecular formula is C14H27ClN2O. The van der Waals surface area contributed by atoms with E-state index in [0.29, 0.717) is 17.9 Å². The van der Waals surface area contributed by atoms with Crippen molar-refractivity contribution < 1.29 is 4.79 Å². The zero-order chi connectivity index (χ0) is 12.3. The van der Waals surface area contributed by atoms with Crippen molar-refractivity contribution in [3.8, 4) is 0 Å². The molecule has 0 saturated carbocycles. The zero-order valence-corrected chi connectivity index (χ0v) is 12.5. The van der Waals surface area contributed by atoms with Gasteiger partial charge in [-0.25, -0.2) is 0 Å². The van der Waals surface area contributed by atoms with E-state index >= 15 is 0 Å². The second-order valence-electron chi connectivity index (χ2n) is 5.85. The third-order valence-electron chi connectivity index (χ3n) is 4.56. The van der Waals surface area contributed by atoms with Crippen LogP contribution in [0.25, 0.3) is 0 Å². The predicted molar refractivity (Wildman–Crippen MR) is 77.0 cm³/mol. The van der Waals surface area contributed by atoms with E-state index in [9.17, 15) is 4.79 Å². The minimum atomic E-state index is 0. The van der Waals surface area contributed by atoms with Crippen molar-refractivity contribution >= 4 is 18.3 Å². The average molecular weight is 275 g/mol. The Morgan fingerprint density at radius 2 is 2.00 bits per heavy atom. The molecule has 2 rings (SSSR count). The molecule has 1 N–H and O–H groups in total. The highest BCUT2D eigenvalue weighted by Crippen LogP contribution is 2.26. The molecule has 2 unspecified atom stereocenters. The number of amides is 1. The van der Waals surface area contributed by atoms with Gasteiger partial charge in [-0.15, -0.1) is 12.4 Å². The van der Waals surface area contributed by atoms with Gasteiger partial charge in [-0.3, -0.25) is 4.79 Å². The van der Waals surface area contributed by atoms with E-state index in [1.165, 1.54) is 25.7 Å². The quantitative estimate of drug-likeness (QED) is 0.857. The third-order valence-corrected chi connectivity index (χ3v) is 4.56. The molecule has 2 aliphatic rings. The first-order valence-corrected chi connectivity index (χ1v) is 7.18. The fourth-order valence-electron chi connectivity index (χ4n) is 3.28. The van der Waals surface area contributed by atoms with Gasteiger partial charge in [0, 0.05) is 19.0 Å². The average Bonchev–Trinajstić information content (AvgIpc) is 2.76. The number of likely N-dealkylation sites (tertiary alicyclic amines) is 1. The number of piperidine rings is 1. The fourth-order valence-corrected chi connectivity index (χ4v) is 3.28. The predicted octanol–water partition coefficient (Wildman–Crippen LogP) is 2.44. The Kier molecular flexibility index (Phi) is 6.44. The van der Waals surface area contributed by atoms with Crippen molar-refractivity contribution in [2.75, 3.05) is 19.6 Å². The highest BCUT2D eigenvalue weighted by atomic mass is 35.5. The van der Waals surface area contributed by atoms with E-state index in [2.05, 4.69) is 24.1 Å². The summed E-state index contributed by atoms with van der Waals surface area (Å²) in [7, 11) is 0. The standard InChI is InChI=1S/C14H26N2O.ClH/c1-11(13-5-7-15-8-6-13)10-14(17)16-9-3-4-12(16)2;/h11-13,15H,3-10H2,1-2H3;1H. The van der Waals surface area contributed by atoms with E-state index in [0.717, 1.165) is 32.0 Å². The molecular weight excluding hydrogens is 248 g/mol. The Balaban J connectivity index is 0.00000162. The summed E-state index contributed by atoms with van der Waals surface area (Å²) >= 11 is 0. The van der Waals surface area contributed by atoms with Crippen LogP contribution in [0.15, 0.2) is 0 Å². The molecule has 1 amide bonds. The lowest BCUT2D eigenvalue weighted by atomic mass is 9.84. The van der Waals surface area contributed by atoms with Crippen molar-refractivity contribution in [2.24, 2.45) is 11.8 Å². The van der Waals surface area contributed by atoms with Gasteiger partial charge in [0.25, 0.3) is 0 Å². The summed E-state index contributed by atoms with van der Waals surface area (Å²) in [6.07, 6.45) is 5.62. The molecule has 2 heterocycles. The molecule has 0 radical (unpaired) electrons. The second-order valence-corrected chi connectivity index (χ2v) is 5.85. The number of nitrogens with zero attached hydrogens (tertiary/aromatic N) is 1. The van der Waals surface area contributed by atoms with Crippen molar-refractivity contribution in [1.82, 2.24) is 10.2 Å². The largest absolute Gasteiger partial charge is 0.340 e. The lowest BCUT2D eigenvalue weighted by Gasteiger charge is -2.30. The molecule has 0 spiro atoms. The number of carbonyl (C=O) groups is 1. The minimum Gasteiger partial charge on any atom is -0.340 e. The normalized spacial score (nSPS) is 26.8. The number of rotatable bonds is 3. The molecule has 0 aromatic carbocycles. The van der Waals surface area contributed by atoms with Gasteiger partial charge in [-0.2, -0.15) is 0 Å². The van der Waals surface area contributed by atoms with Gasteiger partial charge in [-0.05, 0) is 57.5 Å². The van der Waals surface area contributed by atoms with E-state index < -0.39 is 0 Å². The van der Waals surface area contributed by atoms with Crippen LogP contribution >= 0.6 is 12.4 Å². The van der Waals surface area contributed by atoms with Gasteiger partial charge in [0.1, 0.15) is 0 Å². The second kappa shape index (κ2) is 7.34. The number of carbonyl (C=O) groups excluding carboxylic acids is 1. The Morgan fingerprint density at radius 3 is 2.56 bits per heavy atom. The SMILES string of the molecule is CC(CC(=O)N1CCCC1C)C1CCNCC1.Cl. The van der Waals surface area contributed by atoms with E-state index in [1.807, 2.05) is 0 Å². The summed E-state index contributed by atoms with van der Waals surface area (Å²) in [5.74, 6) is 1.69. The number of halogens is 1. The summed E-state index contributed by atoms with van der Waals surface area (Å²) in [6, 6.07) is 0.475. The topological polar surface area (TPSA) is 32.3 Å². The first-order chi connectivity index (χ1) is 8.18. The minimum absolute atomic E-state index is 0. The van der Waals surface area contributed by atoms with Crippen LogP contribution in [0, 0.1) is 11.8 Å². The molecule has 3 nitrogen and oxygen atoms in total. The van der Waals surface area contributed by atoms with Crippen LogP contribution in [0.3, 0.4) is 0 Å².